The minimum absolute atomic E-state index is 0.309. The number of rotatable bonds is 2. The Morgan fingerprint density at radius 3 is 2.45 bits per heavy atom. The lowest BCUT2D eigenvalue weighted by Gasteiger charge is -2.24. The highest BCUT2D eigenvalue weighted by Crippen LogP contribution is 2.35. The molecule has 2 unspecified atom stereocenters. The Bertz CT molecular complexity index is 738. The molecule has 2 atom stereocenters. The summed E-state index contributed by atoms with van der Waals surface area (Å²) in [5, 5.41) is 39.0. The average molecular weight is 292 g/mol. The van der Waals surface area contributed by atoms with Crippen molar-refractivity contribution in [3.8, 4) is 11.8 Å². The van der Waals surface area contributed by atoms with Gasteiger partial charge in [-0.3, -0.25) is 0 Å². The molecule has 2 aliphatic rings. The second kappa shape index (κ2) is 5.99. The predicted octanol–water partition coefficient (Wildman–Crippen LogP) is 0.307. The van der Waals surface area contributed by atoms with E-state index in [1.807, 2.05) is 18.2 Å². The van der Waals surface area contributed by atoms with Gasteiger partial charge in [0.2, 0.25) is 0 Å². The first-order valence-corrected chi connectivity index (χ1v) is 7.01. The van der Waals surface area contributed by atoms with Crippen molar-refractivity contribution in [1.29, 1.82) is 0 Å². The standard InChI is InChI=1S/C16H14B2O4/c19-17(20)15-10-9-11-5-1-2-6-12(11)16(18(21)22)14-8-4-3-7-13(14)15/h1-8,11,15,19-22H/b16-12+. The summed E-state index contributed by atoms with van der Waals surface area (Å²) in [6, 6.07) is 7.00. The summed E-state index contributed by atoms with van der Waals surface area (Å²) in [6.07, 6.45) is 7.31. The Kier molecular flexibility index (Phi) is 4.06. The fourth-order valence-electron chi connectivity index (χ4n) is 2.87. The summed E-state index contributed by atoms with van der Waals surface area (Å²) in [5.74, 6) is 4.79. The largest absolute Gasteiger partial charge is 0.489 e. The highest BCUT2D eigenvalue weighted by molar-refractivity contribution is 6.66. The van der Waals surface area contributed by atoms with E-state index in [1.165, 1.54) is 0 Å². The zero-order valence-electron chi connectivity index (χ0n) is 11.7. The molecule has 0 fully saturated rings. The molecule has 0 spiro atoms. The number of hydrogen-bond donors (Lipinski definition) is 4. The molecule has 2 aliphatic carbocycles. The van der Waals surface area contributed by atoms with Crippen LogP contribution in [0.25, 0.3) is 5.47 Å². The highest BCUT2D eigenvalue weighted by atomic mass is 16.4. The maximum Gasteiger partial charge on any atom is 0.489 e. The van der Waals surface area contributed by atoms with Crippen molar-refractivity contribution < 1.29 is 20.1 Å². The Labute approximate surface area is 129 Å². The van der Waals surface area contributed by atoms with E-state index < -0.39 is 20.1 Å². The Morgan fingerprint density at radius 1 is 0.955 bits per heavy atom. The van der Waals surface area contributed by atoms with Crippen molar-refractivity contribution in [3.05, 3.63) is 65.3 Å². The number of hydrogen-bond acceptors (Lipinski definition) is 4. The van der Waals surface area contributed by atoms with Gasteiger partial charge in [0, 0.05) is 0 Å². The topological polar surface area (TPSA) is 80.9 Å². The molecule has 0 saturated carbocycles. The Balaban J connectivity index is 2.31. The summed E-state index contributed by atoms with van der Waals surface area (Å²) in [7, 11) is -3.32. The van der Waals surface area contributed by atoms with Gasteiger partial charge in [-0.25, -0.2) is 0 Å². The molecule has 0 radical (unpaired) electrons. The Hall–Kier alpha value is -2.03. The molecule has 0 aliphatic heterocycles. The summed E-state index contributed by atoms with van der Waals surface area (Å²) >= 11 is 0. The lowest BCUT2D eigenvalue weighted by atomic mass is 9.61. The van der Waals surface area contributed by atoms with Gasteiger partial charge in [-0.2, -0.15) is 0 Å². The fourth-order valence-corrected chi connectivity index (χ4v) is 2.87. The number of fused-ring (bicyclic) bond motifs is 2. The molecular formula is C16H14B2O4. The van der Waals surface area contributed by atoms with Crippen LogP contribution in [0.5, 0.6) is 0 Å². The predicted molar refractivity (Wildman–Crippen MR) is 86.0 cm³/mol. The van der Waals surface area contributed by atoms with Gasteiger partial charge >= 0.3 is 14.2 Å². The molecule has 22 heavy (non-hydrogen) atoms. The van der Waals surface area contributed by atoms with Gasteiger partial charge in [0.25, 0.3) is 0 Å². The molecule has 108 valence electrons. The molecule has 0 amide bonds. The van der Waals surface area contributed by atoms with E-state index in [0.29, 0.717) is 22.2 Å². The molecule has 1 aromatic carbocycles. The van der Waals surface area contributed by atoms with E-state index in [2.05, 4.69) is 11.8 Å². The molecule has 3 rings (SSSR count). The van der Waals surface area contributed by atoms with Gasteiger partial charge in [-0.15, -0.1) is 0 Å². The number of benzene rings is 1. The smallest absolute Gasteiger partial charge is 0.426 e. The molecule has 4 N–H and O–H groups in total. The molecule has 6 heteroatoms. The third-order valence-electron chi connectivity index (χ3n) is 3.87. The van der Waals surface area contributed by atoms with Gasteiger partial charge in [-0.1, -0.05) is 60.4 Å². The maximum atomic E-state index is 9.87. The molecule has 0 saturated heterocycles. The first kappa shape index (κ1) is 14.9. The van der Waals surface area contributed by atoms with E-state index in [1.54, 1.807) is 30.3 Å². The maximum absolute atomic E-state index is 9.87. The summed E-state index contributed by atoms with van der Waals surface area (Å²) in [4.78, 5) is 0. The fraction of sp³-hybridized carbons (Fsp3) is 0.125. The zero-order valence-corrected chi connectivity index (χ0v) is 11.7. The van der Waals surface area contributed by atoms with Crippen LogP contribution < -0.4 is 0 Å². The van der Waals surface area contributed by atoms with Crippen LogP contribution >= 0.6 is 0 Å². The van der Waals surface area contributed by atoms with Crippen LogP contribution in [0.15, 0.2) is 54.1 Å². The van der Waals surface area contributed by atoms with E-state index in [9.17, 15) is 20.1 Å². The first-order chi connectivity index (χ1) is 10.6. The van der Waals surface area contributed by atoms with Crippen LogP contribution in [-0.2, 0) is 0 Å². The van der Waals surface area contributed by atoms with Gasteiger partial charge in [0.15, 0.2) is 0 Å². The van der Waals surface area contributed by atoms with Crippen LogP contribution in [0, 0.1) is 17.8 Å². The summed E-state index contributed by atoms with van der Waals surface area (Å²) in [5.41, 5.74) is 2.20. The number of allylic oxidation sites excluding steroid dienone is 5. The first-order valence-electron chi connectivity index (χ1n) is 7.01. The second-order valence-electron chi connectivity index (χ2n) is 5.23. The monoisotopic (exact) mass is 292 g/mol. The van der Waals surface area contributed by atoms with Crippen LogP contribution in [0.1, 0.15) is 16.9 Å². The minimum Gasteiger partial charge on any atom is -0.426 e. The minimum atomic E-state index is -1.67. The van der Waals surface area contributed by atoms with Crippen molar-refractivity contribution in [2.75, 3.05) is 0 Å². The van der Waals surface area contributed by atoms with Gasteiger partial charge < -0.3 is 20.1 Å². The SMILES string of the molecule is OB(O)/C1=C2\C=CC=CC2C#CC(B(O)O)c2ccccc21. The molecule has 4 nitrogen and oxygen atoms in total. The highest BCUT2D eigenvalue weighted by Gasteiger charge is 2.32. The van der Waals surface area contributed by atoms with Gasteiger partial charge in [-0.05, 0) is 22.2 Å². The van der Waals surface area contributed by atoms with E-state index in [-0.39, 0.29) is 5.92 Å². The molecule has 0 bridgehead atoms. The molecule has 1 aromatic rings. The van der Waals surface area contributed by atoms with Gasteiger partial charge in [0.05, 0.1) is 11.7 Å². The molecule has 0 heterocycles. The summed E-state index contributed by atoms with van der Waals surface area (Å²) in [6.45, 7) is 0. The van der Waals surface area contributed by atoms with Crippen LogP contribution in [0.4, 0.5) is 0 Å². The third kappa shape index (κ3) is 2.56. The van der Waals surface area contributed by atoms with E-state index in [0.717, 1.165) is 0 Å². The van der Waals surface area contributed by atoms with Crippen LogP contribution in [0.3, 0.4) is 0 Å². The zero-order chi connectivity index (χ0) is 15.7. The molecular weight excluding hydrogens is 278 g/mol. The van der Waals surface area contributed by atoms with Crippen LogP contribution in [0.2, 0.25) is 0 Å². The second-order valence-corrected chi connectivity index (χ2v) is 5.23. The molecule has 0 aromatic heterocycles. The Morgan fingerprint density at radius 2 is 1.73 bits per heavy atom. The van der Waals surface area contributed by atoms with Crippen molar-refractivity contribution in [3.63, 3.8) is 0 Å². The van der Waals surface area contributed by atoms with Crippen LogP contribution in [-0.4, -0.2) is 34.3 Å². The lowest BCUT2D eigenvalue weighted by molar-refractivity contribution is 0.398. The lowest BCUT2D eigenvalue weighted by Crippen LogP contribution is -2.27. The third-order valence-corrected chi connectivity index (χ3v) is 3.87. The van der Waals surface area contributed by atoms with Crippen molar-refractivity contribution in [2.24, 2.45) is 5.92 Å². The van der Waals surface area contributed by atoms with E-state index in [4.69, 9.17) is 0 Å². The van der Waals surface area contributed by atoms with Crippen molar-refractivity contribution >= 4 is 19.7 Å². The normalized spacial score (nSPS) is 25.3. The average Bonchev–Trinajstić information content (AvgIpc) is 2.47. The van der Waals surface area contributed by atoms with Crippen molar-refractivity contribution in [1.82, 2.24) is 0 Å². The quantitative estimate of drug-likeness (QED) is 0.467. The summed E-state index contributed by atoms with van der Waals surface area (Å²) < 4.78 is 0. The van der Waals surface area contributed by atoms with E-state index >= 15 is 0 Å². The van der Waals surface area contributed by atoms with Gasteiger partial charge in [0.1, 0.15) is 0 Å². The van der Waals surface area contributed by atoms with Crippen molar-refractivity contribution in [2.45, 2.75) is 5.82 Å².